The second-order valence-corrected chi connectivity index (χ2v) is 5.97. The number of methoxy groups -OCH3 is 1. The Balaban J connectivity index is 2.01. The van der Waals surface area contributed by atoms with E-state index in [9.17, 15) is 15.0 Å². The van der Waals surface area contributed by atoms with Gasteiger partial charge in [0, 0.05) is 18.1 Å². The van der Waals surface area contributed by atoms with Crippen molar-refractivity contribution in [2.24, 2.45) is 0 Å². The summed E-state index contributed by atoms with van der Waals surface area (Å²) in [6, 6.07) is 6.60. The van der Waals surface area contributed by atoms with Crippen LogP contribution in [0.15, 0.2) is 45.6 Å². The van der Waals surface area contributed by atoms with Crippen LogP contribution in [0.2, 0.25) is 0 Å². The number of phenolic OH excluding ortho intramolecular Hbond substituents is 1. The first kappa shape index (κ1) is 15.5. The molecule has 1 aliphatic heterocycles. The summed E-state index contributed by atoms with van der Waals surface area (Å²) in [5, 5.41) is 20.3. The molecule has 6 nitrogen and oxygen atoms in total. The molecule has 2 aromatic carbocycles. The van der Waals surface area contributed by atoms with Gasteiger partial charge in [0.2, 0.25) is 5.43 Å². The smallest absolute Gasteiger partial charge is 0.204 e. The average molecular weight is 340 g/mol. The monoisotopic (exact) mass is 340 g/mol. The minimum absolute atomic E-state index is 0.110. The van der Waals surface area contributed by atoms with Crippen LogP contribution in [0.25, 0.3) is 21.9 Å². The van der Waals surface area contributed by atoms with Crippen LogP contribution in [0, 0.1) is 0 Å². The normalized spacial score (nSPS) is 16.0. The molecule has 6 heteroatoms. The highest BCUT2D eigenvalue weighted by Gasteiger charge is 2.30. The van der Waals surface area contributed by atoms with Crippen LogP contribution >= 0.6 is 0 Å². The lowest BCUT2D eigenvalue weighted by molar-refractivity contribution is 0.234. The molecule has 1 unspecified atom stereocenters. The first-order valence-corrected chi connectivity index (χ1v) is 7.78. The lowest BCUT2D eigenvalue weighted by Crippen LogP contribution is -2.17. The lowest BCUT2D eigenvalue weighted by Gasteiger charge is -2.11. The Hall–Kier alpha value is -2.99. The van der Waals surface area contributed by atoms with E-state index in [0.29, 0.717) is 40.0 Å². The van der Waals surface area contributed by atoms with Gasteiger partial charge in [-0.3, -0.25) is 4.79 Å². The molecule has 0 spiro atoms. The maximum Gasteiger partial charge on any atom is 0.204 e. The quantitative estimate of drug-likeness (QED) is 0.562. The summed E-state index contributed by atoms with van der Waals surface area (Å²) < 4.78 is 16.8. The molecule has 2 N–H and O–H groups in total. The van der Waals surface area contributed by atoms with Crippen molar-refractivity contribution in [1.29, 1.82) is 0 Å². The van der Waals surface area contributed by atoms with Crippen LogP contribution in [0.5, 0.6) is 17.2 Å². The first-order chi connectivity index (χ1) is 12.0. The average Bonchev–Trinajstić information content (AvgIpc) is 3.05. The van der Waals surface area contributed by atoms with Crippen LogP contribution in [0.3, 0.4) is 0 Å². The third-order valence-corrected chi connectivity index (χ3v) is 4.53. The minimum Gasteiger partial charge on any atom is -0.507 e. The van der Waals surface area contributed by atoms with Gasteiger partial charge in [-0.15, -0.1) is 0 Å². The van der Waals surface area contributed by atoms with Crippen LogP contribution in [0.4, 0.5) is 0 Å². The summed E-state index contributed by atoms with van der Waals surface area (Å²) in [6.07, 6.45) is -0.103. The number of ether oxygens (including phenoxy) is 2. The summed E-state index contributed by atoms with van der Waals surface area (Å²) >= 11 is 0. The molecule has 4 rings (SSSR count). The van der Waals surface area contributed by atoms with E-state index < -0.39 is 6.10 Å². The molecule has 0 bridgehead atoms. The van der Waals surface area contributed by atoms with E-state index >= 15 is 0 Å². The first-order valence-electron chi connectivity index (χ1n) is 7.78. The summed E-state index contributed by atoms with van der Waals surface area (Å²) in [6.45, 7) is 3.55. The number of aliphatic hydroxyl groups is 1. The van der Waals surface area contributed by atoms with Gasteiger partial charge in [-0.2, -0.15) is 0 Å². The third-order valence-electron chi connectivity index (χ3n) is 4.53. The van der Waals surface area contributed by atoms with Crippen LogP contribution in [0.1, 0.15) is 5.56 Å². The van der Waals surface area contributed by atoms with Crippen LogP contribution < -0.4 is 14.9 Å². The Morgan fingerprint density at radius 2 is 2.24 bits per heavy atom. The molecular formula is C19H16O6. The van der Waals surface area contributed by atoms with Crippen molar-refractivity contribution in [3.05, 3.63) is 52.2 Å². The fourth-order valence-electron chi connectivity index (χ4n) is 3.18. The third kappa shape index (κ3) is 2.18. The second kappa shape index (κ2) is 5.53. The highest BCUT2D eigenvalue weighted by atomic mass is 16.5. The molecule has 1 aromatic heterocycles. The highest BCUT2D eigenvalue weighted by molar-refractivity contribution is 5.96. The van der Waals surface area contributed by atoms with Gasteiger partial charge in [-0.05, 0) is 17.7 Å². The van der Waals surface area contributed by atoms with Crippen molar-refractivity contribution in [1.82, 2.24) is 0 Å². The Bertz CT molecular complexity index is 1080. The summed E-state index contributed by atoms with van der Waals surface area (Å²) in [5.74, 6) is 0.699. The molecule has 128 valence electrons. The van der Waals surface area contributed by atoms with Crippen LogP contribution in [-0.2, 0) is 6.42 Å². The summed E-state index contributed by atoms with van der Waals surface area (Å²) in [5.41, 5.74) is 1.22. The minimum atomic E-state index is -0.443. The molecule has 2 heterocycles. The number of aliphatic hydroxyl groups excluding tert-OH is 1. The van der Waals surface area contributed by atoms with E-state index in [2.05, 4.69) is 6.58 Å². The molecular weight excluding hydrogens is 324 g/mol. The zero-order valence-electron chi connectivity index (χ0n) is 13.5. The fourth-order valence-corrected chi connectivity index (χ4v) is 3.18. The Morgan fingerprint density at radius 1 is 1.44 bits per heavy atom. The number of para-hydroxylation sites is 1. The van der Waals surface area contributed by atoms with Gasteiger partial charge in [-0.25, -0.2) is 0 Å². The summed E-state index contributed by atoms with van der Waals surface area (Å²) in [7, 11) is 1.49. The molecule has 0 fully saturated rings. The van der Waals surface area contributed by atoms with Gasteiger partial charge in [0.05, 0.1) is 19.1 Å². The Kier molecular flexibility index (Phi) is 3.43. The molecule has 3 aromatic rings. The zero-order chi connectivity index (χ0) is 17.7. The Labute approximate surface area is 142 Å². The van der Waals surface area contributed by atoms with Crippen LogP contribution in [-0.4, -0.2) is 30.0 Å². The number of hydrogen-bond acceptors (Lipinski definition) is 6. The molecule has 0 saturated carbocycles. The van der Waals surface area contributed by atoms with E-state index in [4.69, 9.17) is 13.9 Å². The van der Waals surface area contributed by atoms with Crippen molar-refractivity contribution in [2.45, 2.75) is 12.5 Å². The van der Waals surface area contributed by atoms with Gasteiger partial charge < -0.3 is 24.1 Å². The van der Waals surface area contributed by atoms with Crippen molar-refractivity contribution < 1.29 is 24.1 Å². The van der Waals surface area contributed by atoms with Gasteiger partial charge in [0.1, 0.15) is 28.6 Å². The number of phenols is 1. The standard InChI is InChI=1S/C19H16O6/c1-9(8-20)13-6-11-14(24-13)7-15-16(18(11)22)17(21)10-4-3-5-12(23-2)19(10)25-15/h3-5,7,13,20,22H,1,6,8H2,2H3. The molecule has 0 saturated heterocycles. The number of aromatic hydroxyl groups is 1. The summed E-state index contributed by atoms with van der Waals surface area (Å²) in [4.78, 5) is 12.9. The maximum atomic E-state index is 12.9. The lowest BCUT2D eigenvalue weighted by atomic mass is 10.0. The Morgan fingerprint density at radius 3 is 2.96 bits per heavy atom. The number of benzene rings is 2. The van der Waals surface area contributed by atoms with Crippen molar-refractivity contribution in [2.75, 3.05) is 13.7 Å². The molecule has 1 atom stereocenters. The fraction of sp³-hybridized carbons (Fsp3) is 0.211. The van der Waals surface area contributed by atoms with Crippen molar-refractivity contribution in [3.8, 4) is 17.2 Å². The van der Waals surface area contributed by atoms with Crippen molar-refractivity contribution in [3.63, 3.8) is 0 Å². The van der Waals surface area contributed by atoms with Gasteiger partial charge in [0.15, 0.2) is 11.3 Å². The topological polar surface area (TPSA) is 89.1 Å². The number of hydrogen-bond donors (Lipinski definition) is 2. The highest BCUT2D eigenvalue weighted by Crippen LogP contribution is 2.42. The van der Waals surface area contributed by atoms with E-state index in [1.165, 1.54) is 7.11 Å². The molecule has 0 aliphatic carbocycles. The van der Waals surface area contributed by atoms with E-state index in [1.54, 1.807) is 24.3 Å². The predicted molar refractivity (Wildman–Crippen MR) is 92.6 cm³/mol. The van der Waals surface area contributed by atoms with E-state index in [-0.39, 0.29) is 28.8 Å². The van der Waals surface area contributed by atoms with Gasteiger partial charge >= 0.3 is 0 Å². The number of rotatable bonds is 3. The molecule has 1 aliphatic rings. The molecule has 0 amide bonds. The zero-order valence-corrected chi connectivity index (χ0v) is 13.5. The van der Waals surface area contributed by atoms with Gasteiger partial charge in [-0.1, -0.05) is 12.6 Å². The van der Waals surface area contributed by atoms with Gasteiger partial charge in [0.25, 0.3) is 0 Å². The van der Waals surface area contributed by atoms with E-state index in [1.807, 2.05) is 0 Å². The maximum absolute atomic E-state index is 12.9. The van der Waals surface area contributed by atoms with E-state index in [0.717, 1.165) is 0 Å². The van der Waals surface area contributed by atoms with Crippen molar-refractivity contribution >= 4 is 21.9 Å². The molecule has 25 heavy (non-hydrogen) atoms. The SMILES string of the molecule is C=C(CO)C1Cc2c(cc3oc4c(OC)cccc4c(=O)c3c2O)O1. The molecule has 0 radical (unpaired) electrons. The largest absolute Gasteiger partial charge is 0.507 e. The predicted octanol–water partition coefficient (Wildman–Crippen LogP) is 2.51. The number of fused-ring (bicyclic) bond motifs is 3. The second-order valence-electron chi connectivity index (χ2n) is 5.97.